The van der Waals surface area contributed by atoms with Gasteiger partial charge in [-0.1, -0.05) is 6.58 Å². The van der Waals surface area contributed by atoms with Gasteiger partial charge in [0.05, 0.1) is 6.10 Å². The van der Waals surface area contributed by atoms with Crippen LogP contribution >= 0.6 is 0 Å². The van der Waals surface area contributed by atoms with Gasteiger partial charge >= 0.3 is 5.97 Å². The molecule has 0 bridgehead atoms. The van der Waals surface area contributed by atoms with Gasteiger partial charge in [-0.2, -0.15) is 0 Å². The minimum absolute atomic E-state index is 0.110. The van der Waals surface area contributed by atoms with E-state index in [1.807, 2.05) is 6.92 Å². The first-order valence-electron chi connectivity index (χ1n) is 5.57. The maximum absolute atomic E-state index is 11.2. The number of esters is 1. The van der Waals surface area contributed by atoms with Gasteiger partial charge < -0.3 is 4.74 Å². The van der Waals surface area contributed by atoms with Crippen molar-refractivity contribution in [2.24, 2.45) is 0 Å². The number of rotatable bonds is 6. The van der Waals surface area contributed by atoms with Crippen molar-refractivity contribution in [3.05, 3.63) is 30.6 Å². The van der Waals surface area contributed by atoms with Gasteiger partial charge in [0.2, 0.25) is 0 Å². The molecule has 1 atom stereocenters. The number of hydrogen-bond donors (Lipinski definition) is 0. The van der Waals surface area contributed by atoms with Crippen LogP contribution in [0.15, 0.2) is 24.8 Å². The van der Waals surface area contributed by atoms with Crippen molar-refractivity contribution in [1.29, 1.82) is 0 Å². The molecule has 5 nitrogen and oxygen atoms in total. The monoisotopic (exact) mass is 235 g/mol. The van der Waals surface area contributed by atoms with Gasteiger partial charge in [0, 0.05) is 12.0 Å². The Kier molecular flexibility index (Phi) is 5.26. The minimum atomic E-state index is -0.335. The number of hydrogen-bond acceptors (Lipinski definition) is 5. The zero-order chi connectivity index (χ0) is 12.7. The van der Waals surface area contributed by atoms with Crippen molar-refractivity contribution >= 4 is 5.97 Å². The molecule has 1 aromatic heterocycles. The molecule has 0 N–H and O–H groups in total. The Balaban J connectivity index is 2.23. The molecule has 0 aliphatic heterocycles. The first-order valence-corrected chi connectivity index (χ1v) is 5.57. The summed E-state index contributed by atoms with van der Waals surface area (Å²) in [7, 11) is 0. The van der Waals surface area contributed by atoms with Crippen LogP contribution in [-0.2, 0) is 16.0 Å². The Labute approximate surface area is 101 Å². The second kappa shape index (κ2) is 6.73. The van der Waals surface area contributed by atoms with Crippen molar-refractivity contribution < 1.29 is 9.53 Å². The topological polar surface area (TPSA) is 65.0 Å². The van der Waals surface area contributed by atoms with Gasteiger partial charge in [-0.15, -0.1) is 0 Å². The minimum Gasteiger partial charge on any atom is -0.459 e. The summed E-state index contributed by atoms with van der Waals surface area (Å²) in [6, 6.07) is 0. The summed E-state index contributed by atoms with van der Waals surface area (Å²) in [5.74, 6) is 0.427. The number of aromatic nitrogens is 3. The standard InChI is InChI=1S/C12H17N3O2/c1-9(2)12(16)17-10(3)5-4-6-11-14-7-13-8-15-11/h7-8,10H,1,4-6H2,2-3H3. The molecule has 0 saturated carbocycles. The lowest BCUT2D eigenvalue weighted by atomic mass is 10.1. The number of nitrogens with zero attached hydrogens (tertiary/aromatic N) is 3. The van der Waals surface area contributed by atoms with Crippen molar-refractivity contribution in [3.63, 3.8) is 0 Å². The third kappa shape index (κ3) is 5.19. The first kappa shape index (κ1) is 13.3. The fraction of sp³-hybridized carbons (Fsp3) is 0.500. The number of carbonyl (C=O) groups excluding carboxylic acids is 1. The second-order valence-corrected chi connectivity index (χ2v) is 3.94. The molecule has 17 heavy (non-hydrogen) atoms. The van der Waals surface area contributed by atoms with Gasteiger partial charge in [0.1, 0.15) is 18.5 Å². The summed E-state index contributed by atoms with van der Waals surface area (Å²) in [4.78, 5) is 23.0. The zero-order valence-electron chi connectivity index (χ0n) is 10.2. The van der Waals surface area contributed by atoms with E-state index in [4.69, 9.17) is 4.74 Å². The van der Waals surface area contributed by atoms with Crippen molar-refractivity contribution in [3.8, 4) is 0 Å². The maximum Gasteiger partial charge on any atom is 0.333 e. The lowest BCUT2D eigenvalue weighted by molar-refractivity contribution is -0.143. The van der Waals surface area contributed by atoms with E-state index in [1.165, 1.54) is 12.7 Å². The largest absolute Gasteiger partial charge is 0.459 e. The molecule has 0 spiro atoms. The lowest BCUT2D eigenvalue weighted by Crippen LogP contribution is -2.15. The smallest absolute Gasteiger partial charge is 0.333 e. The molecule has 5 heteroatoms. The highest BCUT2D eigenvalue weighted by atomic mass is 16.5. The molecule has 0 aliphatic rings. The molecule has 0 radical (unpaired) electrons. The number of carbonyl (C=O) groups is 1. The van der Waals surface area contributed by atoms with Crippen LogP contribution in [0.25, 0.3) is 0 Å². The van der Waals surface area contributed by atoms with Crippen LogP contribution in [0.1, 0.15) is 32.5 Å². The Hall–Kier alpha value is -1.78. The molecule has 0 saturated heterocycles. The summed E-state index contributed by atoms with van der Waals surface area (Å²) < 4.78 is 5.16. The molecule has 1 aromatic rings. The van der Waals surface area contributed by atoms with E-state index in [-0.39, 0.29) is 12.1 Å². The molecule has 0 aliphatic carbocycles. The molecule has 0 aromatic carbocycles. The van der Waals surface area contributed by atoms with Crippen LogP contribution in [0.4, 0.5) is 0 Å². The SMILES string of the molecule is C=C(C)C(=O)OC(C)CCCc1ncncn1. The lowest BCUT2D eigenvalue weighted by Gasteiger charge is -2.12. The van der Waals surface area contributed by atoms with Gasteiger partial charge in [0.25, 0.3) is 0 Å². The molecule has 92 valence electrons. The highest BCUT2D eigenvalue weighted by molar-refractivity contribution is 5.87. The predicted octanol–water partition coefficient (Wildman–Crippen LogP) is 1.70. The van der Waals surface area contributed by atoms with Gasteiger partial charge in [-0.25, -0.2) is 19.7 Å². The van der Waals surface area contributed by atoms with Crippen LogP contribution < -0.4 is 0 Å². The third-order valence-electron chi connectivity index (χ3n) is 2.21. The average molecular weight is 235 g/mol. The molecule has 0 fully saturated rings. The van der Waals surface area contributed by atoms with E-state index >= 15 is 0 Å². The van der Waals surface area contributed by atoms with E-state index in [2.05, 4.69) is 21.5 Å². The molecule has 1 rings (SSSR count). The van der Waals surface area contributed by atoms with E-state index < -0.39 is 0 Å². The Bertz CT molecular complexity index is 379. The molecular formula is C12H17N3O2. The van der Waals surface area contributed by atoms with Crippen LogP contribution in [0.5, 0.6) is 0 Å². The van der Waals surface area contributed by atoms with E-state index in [0.717, 1.165) is 25.1 Å². The maximum atomic E-state index is 11.2. The number of ether oxygens (including phenoxy) is 1. The third-order valence-corrected chi connectivity index (χ3v) is 2.21. The Morgan fingerprint density at radius 2 is 2.12 bits per heavy atom. The summed E-state index contributed by atoms with van der Waals surface area (Å²) in [5, 5.41) is 0. The summed E-state index contributed by atoms with van der Waals surface area (Å²) in [6.45, 7) is 7.04. The number of aryl methyl sites for hydroxylation is 1. The van der Waals surface area contributed by atoms with Crippen molar-refractivity contribution in [2.45, 2.75) is 39.2 Å². The normalized spacial score (nSPS) is 11.9. The highest BCUT2D eigenvalue weighted by Gasteiger charge is 2.09. The summed E-state index contributed by atoms with van der Waals surface area (Å²) in [6.07, 6.45) is 5.26. The fourth-order valence-electron chi connectivity index (χ4n) is 1.28. The Morgan fingerprint density at radius 1 is 1.47 bits per heavy atom. The van der Waals surface area contributed by atoms with E-state index in [1.54, 1.807) is 6.92 Å². The quantitative estimate of drug-likeness (QED) is 0.554. The summed E-state index contributed by atoms with van der Waals surface area (Å²) in [5.41, 5.74) is 0.425. The predicted molar refractivity (Wildman–Crippen MR) is 63.1 cm³/mol. The van der Waals surface area contributed by atoms with Gasteiger partial charge in [0.15, 0.2) is 0 Å². The van der Waals surface area contributed by atoms with Crippen LogP contribution in [0.2, 0.25) is 0 Å². The average Bonchev–Trinajstić information content (AvgIpc) is 2.30. The molecule has 1 unspecified atom stereocenters. The first-order chi connectivity index (χ1) is 8.09. The molecule has 1 heterocycles. The fourth-order valence-corrected chi connectivity index (χ4v) is 1.28. The van der Waals surface area contributed by atoms with Crippen LogP contribution in [0.3, 0.4) is 0 Å². The second-order valence-electron chi connectivity index (χ2n) is 3.94. The van der Waals surface area contributed by atoms with Gasteiger partial charge in [-0.05, 0) is 26.7 Å². The van der Waals surface area contributed by atoms with Crippen molar-refractivity contribution in [2.75, 3.05) is 0 Å². The van der Waals surface area contributed by atoms with Crippen LogP contribution in [0, 0.1) is 0 Å². The van der Waals surface area contributed by atoms with E-state index in [0.29, 0.717) is 5.57 Å². The van der Waals surface area contributed by atoms with Crippen LogP contribution in [-0.4, -0.2) is 27.0 Å². The Morgan fingerprint density at radius 3 is 2.71 bits per heavy atom. The zero-order valence-corrected chi connectivity index (χ0v) is 10.2. The van der Waals surface area contributed by atoms with E-state index in [9.17, 15) is 4.79 Å². The summed E-state index contributed by atoms with van der Waals surface area (Å²) >= 11 is 0. The van der Waals surface area contributed by atoms with Crippen molar-refractivity contribution in [1.82, 2.24) is 15.0 Å². The highest BCUT2D eigenvalue weighted by Crippen LogP contribution is 2.07. The molecule has 0 amide bonds. The van der Waals surface area contributed by atoms with Gasteiger partial charge in [-0.3, -0.25) is 0 Å². The molecular weight excluding hydrogens is 218 g/mol.